The highest BCUT2D eigenvalue weighted by molar-refractivity contribution is 7.89. The number of carbonyl (C=O) groups is 1. The van der Waals surface area contributed by atoms with Gasteiger partial charge in [0.15, 0.2) is 0 Å². The van der Waals surface area contributed by atoms with Gasteiger partial charge in [-0.05, 0) is 43.5 Å². The van der Waals surface area contributed by atoms with E-state index in [0.717, 1.165) is 12.1 Å². The molecule has 0 aliphatic carbocycles. The smallest absolute Gasteiger partial charge is 0.310 e. The fourth-order valence-electron chi connectivity index (χ4n) is 2.66. The number of halogens is 1. The Kier molecular flexibility index (Phi) is 4.34. The van der Waals surface area contributed by atoms with E-state index < -0.39 is 27.2 Å². The van der Waals surface area contributed by atoms with Crippen molar-refractivity contribution in [3.05, 3.63) is 30.1 Å². The van der Waals surface area contributed by atoms with Crippen LogP contribution < -0.4 is 0 Å². The molecule has 0 amide bonds. The van der Waals surface area contributed by atoms with Crippen LogP contribution in [0.25, 0.3) is 0 Å². The lowest BCUT2D eigenvalue weighted by molar-refractivity contribution is -0.151. The van der Waals surface area contributed by atoms with Crippen molar-refractivity contribution in [3.63, 3.8) is 0 Å². The maximum absolute atomic E-state index is 12.9. The molecule has 1 atom stereocenters. The maximum atomic E-state index is 12.9. The van der Waals surface area contributed by atoms with Crippen molar-refractivity contribution < 1.29 is 22.7 Å². The van der Waals surface area contributed by atoms with Gasteiger partial charge in [-0.3, -0.25) is 4.79 Å². The lowest BCUT2D eigenvalue weighted by Gasteiger charge is -2.38. The summed E-state index contributed by atoms with van der Waals surface area (Å²) >= 11 is 0. The van der Waals surface area contributed by atoms with Gasteiger partial charge in [-0.2, -0.15) is 4.31 Å². The summed E-state index contributed by atoms with van der Waals surface area (Å²) in [5.74, 6) is -1.48. The molecular formula is C14H18FNO4S. The van der Waals surface area contributed by atoms with Crippen molar-refractivity contribution in [3.8, 4) is 0 Å². The minimum absolute atomic E-state index is 0.0128. The normalized spacial score (nSPS) is 23.9. The third-order valence-corrected chi connectivity index (χ3v) is 5.98. The standard InChI is InChI=1S/C14H18FNO4S/c1-2-14(13(17)18)8-3-9-16(10-14)21(19,20)12-6-4-11(15)5-7-12/h4-7H,2-3,8-10H2,1H3,(H,17,18). The Morgan fingerprint density at radius 2 is 2.00 bits per heavy atom. The Hall–Kier alpha value is -1.47. The molecule has 1 aromatic rings. The van der Waals surface area contributed by atoms with E-state index in [0.29, 0.717) is 19.3 Å². The second kappa shape index (κ2) is 5.73. The zero-order valence-electron chi connectivity index (χ0n) is 11.8. The number of benzene rings is 1. The second-order valence-electron chi connectivity index (χ2n) is 5.34. The first kappa shape index (κ1) is 15.9. The highest BCUT2D eigenvalue weighted by atomic mass is 32.2. The number of sulfonamides is 1. The zero-order chi connectivity index (χ0) is 15.7. The van der Waals surface area contributed by atoms with Gasteiger partial charge >= 0.3 is 5.97 Å². The van der Waals surface area contributed by atoms with E-state index in [-0.39, 0.29) is 18.0 Å². The number of carboxylic acids is 1. The van der Waals surface area contributed by atoms with Gasteiger partial charge in [0.25, 0.3) is 0 Å². The molecule has 1 aromatic carbocycles. The molecule has 1 heterocycles. The van der Waals surface area contributed by atoms with Crippen molar-refractivity contribution in [2.45, 2.75) is 31.1 Å². The van der Waals surface area contributed by atoms with Gasteiger partial charge in [0.05, 0.1) is 10.3 Å². The third-order valence-electron chi connectivity index (χ3n) is 4.12. The van der Waals surface area contributed by atoms with Crippen LogP contribution in [-0.2, 0) is 14.8 Å². The van der Waals surface area contributed by atoms with E-state index in [1.807, 2.05) is 0 Å². The summed E-state index contributed by atoms with van der Waals surface area (Å²) in [6, 6.07) is 4.57. The molecule has 1 aliphatic heterocycles. The van der Waals surface area contributed by atoms with Gasteiger partial charge in [-0.15, -0.1) is 0 Å². The second-order valence-corrected chi connectivity index (χ2v) is 7.27. The van der Waals surface area contributed by atoms with Crippen LogP contribution in [0, 0.1) is 11.2 Å². The number of nitrogens with zero attached hydrogens (tertiary/aromatic N) is 1. The number of hydrogen-bond acceptors (Lipinski definition) is 3. The topological polar surface area (TPSA) is 74.7 Å². The van der Waals surface area contributed by atoms with Gasteiger partial charge in [-0.25, -0.2) is 12.8 Å². The van der Waals surface area contributed by atoms with Crippen LogP contribution in [0.2, 0.25) is 0 Å². The van der Waals surface area contributed by atoms with Crippen LogP contribution in [0.5, 0.6) is 0 Å². The predicted octanol–water partition coefficient (Wildman–Crippen LogP) is 2.09. The molecule has 21 heavy (non-hydrogen) atoms. The number of carboxylic acid groups (broad SMARTS) is 1. The molecule has 7 heteroatoms. The summed E-state index contributed by atoms with van der Waals surface area (Å²) < 4.78 is 39.2. The summed E-state index contributed by atoms with van der Waals surface area (Å²) in [7, 11) is -3.79. The van der Waals surface area contributed by atoms with E-state index in [9.17, 15) is 22.7 Å². The van der Waals surface area contributed by atoms with Crippen LogP contribution >= 0.6 is 0 Å². The van der Waals surface area contributed by atoms with E-state index in [2.05, 4.69) is 0 Å². The first-order valence-corrected chi connectivity index (χ1v) is 8.25. The number of hydrogen-bond donors (Lipinski definition) is 1. The summed E-state index contributed by atoms with van der Waals surface area (Å²) in [6.07, 6.45) is 1.34. The lowest BCUT2D eigenvalue weighted by Crippen LogP contribution is -2.49. The first-order valence-electron chi connectivity index (χ1n) is 6.81. The molecule has 0 spiro atoms. The Morgan fingerprint density at radius 3 is 2.52 bits per heavy atom. The number of piperidine rings is 1. The SMILES string of the molecule is CCC1(C(=O)O)CCCN(S(=O)(=O)c2ccc(F)cc2)C1. The molecule has 0 aromatic heterocycles. The molecule has 0 bridgehead atoms. The van der Waals surface area contributed by atoms with Crippen molar-refractivity contribution in [2.24, 2.45) is 5.41 Å². The van der Waals surface area contributed by atoms with E-state index in [4.69, 9.17) is 0 Å². The van der Waals surface area contributed by atoms with Crippen molar-refractivity contribution in [2.75, 3.05) is 13.1 Å². The van der Waals surface area contributed by atoms with E-state index >= 15 is 0 Å². The van der Waals surface area contributed by atoms with Crippen LogP contribution in [-0.4, -0.2) is 36.9 Å². The highest BCUT2D eigenvalue weighted by Gasteiger charge is 2.44. The fourth-order valence-corrected chi connectivity index (χ4v) is 4.23. The Labute approximate surface area is 123 Å². The summed E-state index contributed by atoms with van der Waals surface area (Å²) in [5.41, 5.74) is -1.04. The molecule has 1 aliphatic rings. The summed E-state index contributed by atoms with van der Waals surface area (Å²) in [4.78, 5) is 11.5. The minimum atomic E-state index is -3.79. The molecule has 1 N–H and O–H groups in total. The van der Waals surface area contributed by atoms with Gasteiger partial charge in [0, 0.05) is 13.1 Å². The molecule has 0 saturated carbocycles. The zero-order valence-corrected chi connectivity index (χ0v) is 12.6. The molecule has 1 saturated heterocycles. The average molecular weight is 315 g/mol. The minimum Gasteiger partial charge on any atom is -0.481 e. The molecule has 116 valence electrons. The fraction of sp³-hybridized carbons (Fsp3) is 0.500. The van der Waals surface area contributed by atoms with E-state index in [1.165, 1.54) is 16.4 Å². The third kappa shape index (κ3) is 2.94. The quantitative estimate of drug-likeness (QED) is 0.923. The monoisotopic (exact) mass is 315 g/mol. The van der Waals surface area contributed by atoms with Gasteiger partial charge in [-0.1, -0.05) is 6.92 Å². The average Bonchev–Trinajstić information content (AvgIpc) is 2.47. The number of rotatable bonds is 4. The van der Waals surface area contributed by atoms with Gasteiger partial charge < -0.3 is 5.11 Å². The maximum Gasteiger partial charge on any atom is 0.310 e. The summed E-state index contributed by atoms with van der Waals surface area (Å²) in [6.45, 7) is 2.00. The molecular weight excluding hydrogens is 297 g/mol. The Bertz CT molecular complexity index is 629. The largest absolute Gasteiger partial charge is 0.481 e. The van der Waals surface area contributed by atoms with Gasteiger partial charge in [0.1, 0.15) is 5.82 Å². The molecule has 1 unspecified atom stereocenters. The van der Waals surface area contributed by atoms with Crippen LogP contribution in [0.15, 0.2) is 29.2 Å². The lowest BCUT2D eigenvalue weighted by atomic mass is 9.78. The van der Waals surface area contributed by atoms with Crippen molar-refractivity contribution in [1.29, 1.82) is 0 Å². The van der Waals surface area contributed by atoms with Crippen molar-refractivity contribution in [1.82, 2.24) is 4.31 Å². The van der Waals surface area contributed by atoms with Gasteiger partial charge in [0.2, 0.25) is 10.0 Å². The summed E-state index contributed by atoms with van der Waals surface area (Å²) in [5, 5.41) is 9.41. The first-order chi connectivity index (χ1) is 9.82. The number of aliphatic carboxylic acids is 1. The Morgan fingerprint density at radius 1 is 1.38 bits per heavy atom. The van der Waals surface area contributed by atoms with Crippen LogP contribution in [0.3, 0.4) is 0 Å². The highest BCUT2D eigenvalue weighted by Crippen LogP contribution is 2.36. The Balaban J connectivity index is 2.32. The van der Waals surface area contributed by atoms with E-state index in [1.54, 1.807) is 6.92 Å². The molecule has 5 nitrogen and oxygen atoms in total. The van der Waals surface area contributed by atoms with Crippen LogP contribution in [0.4, 0.5) is 4.39 Å². The molecule has 0 radical (unpaired) electrons. The molecule has 2 rings (SSSR count). The van der Waals surface area contributed by atoms with Crippen molar-refractivity contribution >= 4 is 16.0 Å². The molecule has 1 fully saturated rings. The van der Waals surface area contributed by atoms with Crippen LogP contribution in [0.1, 0.15) is 26.2 Å². The predicted molar refractivity (Wildman–Crippen MR) is 74.8 cm³/mol.